The van der Waals surface area contributed by atoms with Crippen LogP contribution >= 0.6 is 0 Å². The van der Waals surface area contributed by atoms with Crippen LogP contribution in [0.4, 0.5) is 5.69 Å². The molecule has 0 spiro atoms. The molecule has 1 amide bonds. The molecule has 1 aliphatic heterocycles. The van der Waals surface area contributed by atoms with E-state index in [0.29, 0.717) is 6.42 Å². The van der Waals surface area contributed by atoms with Crippen molar-refractivity contribution in [1.29, 1.82) is 0 Å². The average molecular weight is 270 g/mol. The molecule has 0 bridgehead atoms. The van der Waals surface area contributed by atoms with Gasteiger partial charge in [0.15, 0.2) is 0 Å². The van der Waals surface area contributed by atoms with Gasteiger partial charge < -0.3 is 15.1 Å². The maximum absolute atomic E-state index is 11.4. The van der Waals surface area contributed by atoms with E-state index < -0.39 is 0 Å². The van der Waals surface area contributed by atoms with Crippen molar-refractivity contribution < 1.29 is 9.21 Å². The third-order valence-electron chi connectivity index (χ3n) is 3.73. The van der Waals surface area contributed by atoms with Crippen molar-refractivity contribution in [2.75, 3.05) is 12.4 Å². The van der Waals surface area contributed by atoms with Gasteiger partial charge in [0.2, 0.25) is 5.91 Å². The van der Waals surface area contributed by atoms with Crippen molar-refractivity contribution >= 4 is 11.6 Å². The third kappa shape index (κ3) is 2.34. The molecule has 0 radical (unpaired) electrons. The van der Waals surface area contributed by atoms with Crippen LogP contribution in [0.25, 0.3) is 0 Å². The topological polar surface area (TPSA) is 54.3 Å². The molecule has 1 unspecified atom stereocenters. The summed E-state index contributed by atoms with van der Waals surface area (Å²) in [6.07, 6.45) is 3.15. The molecule has 1 aromatic carbocycles. The zero-order chi connectivity index (χ0) is 14.1. The van der Waals surface area contributed by atoms with E-state index in [1.54, 1.807) is 6.26 Å². The fourth-order valence-electron chi connectivity index (χ4n) is 2.72. The summed E-state index contributed by atoms with van der Waals surface area (Å²) in [4.78, 5) is 11.4. The van der Waals surface area contributed by atoms with Crippen LogP contribution in [0.3, 0.4) is 0 Å². The van der Waals surface area contributed by atoms with Gasteiger partial charge in [0, 0.05) is 17.7 Å². The number of furan rings is 1. The number of hydrogen-bond acceptors (Lipinski definition) is 3. The van der Waals surface area contributed by atoms with Gasteiger partial charge in [-0.05, 0) is 43.7 Å². The minimum Gasteiger partial charge on any atom is -0.469 e. The molecule has 0 saturated carbocycles. The lowest BCUT2D eigenvalue weighted by Gasteiger charge is -2.21. The van der Waals surface area contributed by atoms with E-state index in [1.807, 2.05) is 32.2 Å². The normalized spacial score (nSPS) is 15.6. The van der Waals surface area contributed by atoms with E-state index in [9.17, 15) is 4.79 Å². The summed E-state index contributed by atoms with van der Waals surface area (Å²) in [5, 5.41) is 6.23. The van der Waals surface area contributed by atoms with Crippen LogP contribution < -0.4 is 10.6 Å². The summed E-state index contributed by atoms with van der Waals surface area (Å²) in [5.74, 6) is 1.01. The van der Waals surface area contributed by atoms with E-state index >= 15 is 0 Å². The number of benzene rings is 1. The average Bonchev–Trinajstić information content (AvgIpc) is 2.86. The molecule has 2 N–H and O–H groups in total. The van der Waals surface area contributed by atoms with Crippen LogP contribution in [-0.4, -0.2) is 13.0 Å². The third-order valence-corrected chi connectivity index (χ3v) is 3.73. The Bertz CT molecular complexity index is 646. The lowest BCUT2D eigenvalue weighted by molar-refractivity contribution is -0.116. The van der Waals surface area contributed by atoms with Gasteiger partial charge in [-0.3, -0.25) is 4.79 Å². The molecule has 4 heteroatoms. The smallest absolute Gasteiger partial charge is 0.224 e. The van der Waals surface area contributed by atoms with Crippen LogP contribution in [0, 0.1) is 6.92 Å². The first-order valence-electron chi connectivity index (χ1n) is 6.82. The highest BCUT2D eigenvalue weighted by atomic mass is 16.3. The Morgan fingerprint density at radius 1 is 1.25 bits per heavy atom. The largest absolute Gasteiger partial charge is 0.469 e. The minimum absolute atomic E-state index is 0.0980. The first-order valence-corrected chi connectivity index (χ1v) is 6.82. The van der Waals surface area contributed by atoms with Crippen LogP contribution in [-0.2, 0) is 11.2 Å². The molecule has 104 valence electrons. The van der Waals surface area contributed by atoms with Crippen LogP contribution in [0.5, 0.6) is 0 Å². The Balaban J connectivity index is 1.95. The lowest BCUT2D eigenvalue weighted by Crippen LogP contribution is -2.21. The zero-order valence-electron chi connectivity index (χ0n) is 11.7. The minimum atomic E-state index is 0.0980. The Hall–Kier alpha value is -2.07. The Kier molecular flexibility index (Phi) is 3.32. The fraction of sp³-hybridized carbons (Fsp3) is 0.312. The van der Waals surface area contributed by atoms with Crippen molar-refractivity contribution in [3.63, 3.8) is 0 Å². The Labute approximate surface area is 118 Å². The highest BCUT2D eigenvalue weighted by Crippen LogP contribution is 2.29. The second-order valence-corrected chi connectivity index (χ2v) is 5.18. The molecule has 20 heavy (non-hydrogen) atoms. The molecule has 0 aliphatic carbocycles. The summed E-state index contributed by atoms with van der Waals surface area (Å²) >= 11 is 0. The predicted octanol–water partition coefficient (Wildman–Crippen LogP) is 2.78. The van der Waals surface area contributed by atoms with Crippen molar-refractivity contribution in [2.24, 2.45) is 0 Å². The van der Waals surface area contributed by atoms with E-state index in [4.69, 9.17) is 4.42 Å². The first kappa shape index (κ1) is 12.9. The highest BCUT2D eigenvalue weighted by Gasteiger charge is 2.19. The number of hydrogen-bond donors (Lipinski definition) is 2. The molecule has 1 atom stereocenters. The maximum Gasteiger partial charge on any atom is 0.224 e. The van der Waals surface area contributed by atoms with Crippen molar-refractivity contribution in [3.05, 3.63) is 53.0 Å². The second-order valence-electron chi connectivity index (χ2n) is 5.18. The van der Waals surface area contributed by atoms with Crippen molar-refractivity contribution in [3.8, 4) is 0 Å². The lowest BCUT2D eigenvalue weighted by atomic mass is 9.95. The zero-order valence-corrected chi connectivity index (χ0v) is 11.7. The molecule has 3 rings (SSSR count). The molecule has 0 saturated heterocycles. The van der Waals surface area contributed by atoms with Crippen LogP contribution in [0.2, 0.25) is 0 Å². The molecular weight excluding hydrogens is 252 g/mol. The summed E-state index contributed by atoms with van der Waals surface area (Å²) in [5.41, 5.74) is 4.43. The van der Waals surface area contributed by atoms with Gasteiger partial charge >= 0.3 is 0 Å². The van der Waals surface area contributed by atoms with Gasteiger partial charge in [-0.2, -0.15) is 0 Å². The molecule has 1 aromatic heterocycles. The maximum atomic E-state index is 11.4. The van der Waals surface area contributed by atoms with E-state index in [1.165, 1.54) is 11.1 Å². The predicted molar refractivity (Wildman–Crippen MR) is 77.7 cm³/mol. The van der Waals surface area contributed by atoms with Crippen molar-refractivity contribution in [1.82, 2.24) is 5.32 Å². The van der Waals surface area contributed by atoms with E-state index in [0.717, 1.165) is 23.4 Å². The summed E-state index contributed by atoms with van der Waals surface area (Å²) in [6, 6.07) is 8.35. The van der Waals surface area contributed by atoms with Gasteiger partial charge in [0.05, 0.1) is 12.3 Å². The van der Waals surface area contributed by atoms with Crippen molar-refractivity contribution in [2.45, 2.75) is 25.8 Å². The second kappa shape index (κ2) is 5.13. The molecule has 0 fully saturated rings. The number of rotatable bonds is 3. The molecule has 2 heterocycles. The standard InChI is InChI=1S/C16H18N2O2/c1-10-7-13(9-20-10)16(17-2)12-3-5-14-11(8-12)4-6-15(19)18-14/h3,5,7-9,16-17H,4,6H2,1-2H3,(H,18,19). The first-order chi connectivity index (χ1) is 9.67. The Morgan fingerprint density at radius 2 is 2.10 bits per heavy atom. The monoisotopic (exact) mass is 270 g/mol. The number of fused-ring (bicyclic) bond motifs is 1. The van der Waals surface area contributed by atoms with Crippen LogP contribution in [0.1, 0.15) is 34.9 Å². The van der Waals surface area contributed by atoms with Gasteiger partial charge in [0.25, 0.3) is 0 Å². The molecule has 4 nitrogen and oxygen atoms in total. The van der Waals surface area contributed by atoms with Gasteiger partial charge in [0.1, 0.15) is 5.76 Å². The number of aryl methyl sites for hydroxylation is 2. The summed E-state index contributed by atoms with van der Waals surface area (Å²) < 4.78 is 5.40. The molecular formula is C16H18N2O2. The van der Waals surface area contributed by atoms with Gasteiger partial charge in [-0.15, -0.1) is 0 Å². The number of carbonyl (C=O) groups is 1. The number of carbonyl (C=O) groups excluding carboxylic acids is 1. The molecule has 1 aliphatic rings. The number of amides is 1. The highest BCUT2D eigenvalue weighted by molar-refractivity contribution is 5.93. The van der Waals surface area contributed by atoms with E-state index in [-0.39, 0.29) is 11.9 Å². The quantitative estimate of drug-likeness (QED) is 0.901. The Morgan fingerprint density at radius 3 is 2.80 bits per heavy atom. The summed E-state index contributed by atoms with van der Waals surface area (Å²) in [7, 11) is 1.94. The van der Waals surface area contributed by atoms with Crippen LogP contribution in [0.15, 0.2) is 34.9 Å². The number of nitrogens with one attached hydrogen (secondary N) is 2. The van der Waals surface area contributed by atoms with Gasteiger partial charge in [-0.1, -0.05) is 12.1 Å². The fourth-order valence-corrected chi connectivity index (χ4v) is 2.72. The SMILES string of the molecule is CNC(c1coc(C)c1)c1ccc2c(c1)CCC(=O)N2. The summed E-state index contributed by atoms with van der Waals surface area (Å²) in [6.45, 7) is 1.94. The van der Waals surface area contributed by atoms with Gasteiger partial charge in [-0.25, -0.2) is 0 Å². The number of anilines is 1. The molecule has 2 aromatic rings. The van der Waals surface area contributed by atoms with E-state index in [2.05, 4.69) is 16.7 Å².